The molecule has 1 aromatic heterocycles. The third kappa shape index (κ3) is 3.44. The van der Waals surface area contributed by atoms with Gasteiger partial charge in [-0.05, 0) is 53.8 Å². The number of anilines is 2. The number of hydrogen-bond acceptors (Lipinski definition) is 3. The Morgan fingerprint density at radius 3 is 2.68 bits per heavy atom. The van der Waals surface area contributed by atoms with Gasteiger partial charge >= 0.3 is 0 Å². The Morgan fingerprint density at radius 1 is 1.26 bits per heavy atom. The quantitative estimate of drug-likeness (QED) is 0.819. The second-order valence-corrected chi connectivity index (χ2v) is 5.23. The lowest BCUT2D eigenvalue weighted by Crippen LogP contribution is -2.13. The number of aromatic nitrogens is 1. The number of rotatable bonds is 3. The number of amides is 1. The molecule has 1 heterocycles. The molecule has 0 bridgehead atoms. The Bertz CT molecular complexity index is 613. The standard InChI is InChI=1S/C14H14IN3O/c1-9-7-10(8-13(16-2)17-9)14(19)18-12-6-4-3-5-11(12)15/h3-8H,1-2H3,(H,16,17)(H,18,19). The molecule has 0 saturated heterocycles. The number of para-hydroxylation sites is 1. The van der Waals surface area contributed by atoms with Gasteiger partial charge in [0.25, 0.3) is 5.91 Å². The van der Waals surface area contributed by atoms with Crippen molar-refractivity contribution in [3.63, 3.8) is 0 Å². The summed E-state index contributed by atoms with van der Waals surface area (Å²) in [6, 6.07) is 11.2. The lowest BCUT2D eigenvalue weighted by molar-refractivity contribution is 0.102. The maximum atomic E-state index is 12.2. The first-order valence-corrected chi connectivity index (χ1v) is 6.90. The van der Waals surface area contributed by atoms with Gasteiger partial charge < -0.3 is 10.6 Å². The highest BCUT2D eigenvalue weighted by molar-refractivity contribution is 14.1. The number of nitrogens with zero attached hydrogens (tertiary/aromatic N) is 1. The fourth-order valence-electron chi connectivity index (χ4n) is 1.68. The van der Waals surface area contributed by atoms with Crippen molar-refractivity contribution in [3.8, 4) is 0 Å². The van der Waals surface area contributed by atoms with Gasteiger partial charge in [0.1, 0.15) is 5.82 Å². The second kappa shape index (κ2) is 6.01. The van der Waals surface area contributed by atoms with Crippen molar-refractivity contribution in [3.05, 3.63) is 51.2 Å². The Balaban J connectivity index is 2.25. The van der Waals surface area contributed by atoms with Gasteiger partial charge in [0.05, 0.1) is 5.69 Å². The van der Waals surface area contributed by atoms with Crippen LogP contribution in [0.15, 0.2) is 36.4 Å². The van der Waals surface area contributed by atoms with Crippen LogP contribution in [-0.2, 0) is 0 Å². The molecule has 0 aliphatic carbocycles. The van der Waals surface area contributed by atoms with E-state index in [2.05, 4.69) is 38.2 Å². The average Bonchev–Trinajstić information content (AvgIpc) is 2.40. The number of pyridine rings is 1. The molecule has 98 valence electrons. The molecule has 1 amide bonds. The lowest BCUT2D eigenvalue weighted by atomic mass is 10.2. The van der Waals surface area contributed by atoms with Crippen LogP contribution >= 0.6 is 22.6 Å². The van der Waals surface area contributed by atoms with Crippen molar-refractivity contribution in [2.45, 2.75) is 6.92 Å². The summed E-state index contributed by atoms with van der Waals surface area (Å²) in [7, 11) is 1.78. The molecule has 0 unspecified atom stereocenters. The van der Waals surface area contributed by atoms with Crippen LogP contribution in [0.2, 0.25) is 0 Å². The van der Waals surface area contributed by atoms with E-state index in [1.165, 1.54) is 0 Å². The van der Waals surface area contributed by atoms with E-state index in [4.69, 9.17) is 0 Å². The molecule has 0 spiro atoms. The molecule has 19 heavy (non-hydrogen) atoms. The summed E-state index contributed by atoms with van der Waals surface area (Å²) in [5.74, 6) is 0.555. The van der Waals surface area contributed by atoms with E-state index in [0.717, 1.165) is 15.0 Å². The minimum Gasteiger partial charge on any atom is -0.373 e. The van der Waals surface area contributed by atoms with E-state index in [-0.39, 0.29) is 5.91 Å². The first-order valence-electron chi connectivity index (χ1n) is 5.82. The summed E-state index contributed by atoms with van der Waals surface area (Å²) < 4.78 is 1.01. The van der Waals surface area contributed by atoms with Gasteiger partial charge in [0.15, 0.2) is 0 Å². The van der Waals surface area contributed by atoms with Crippen LogP contribution in [0.4, 0.5) is 11.5 Å². The van der Waals surface area contributed by atoms with Gasteiger partial charge in [-0.2, -0.15) is 0 Å². The molecule has 0 radical (unpaired) electrons. The summed E-state index contributed by atoms with van der Waals surface area (Å²) in [5, 5.41) is 5.85. The zero-order valence-electron chi connectivity index (χ0n) is 10.7. The Kier molecular flexibility index (Phi) is 4.36. The van der Waals surface area contributed by atoms with Crippen LogP contribution in [0, 0.1) is 10.5 Å². The molecular weight excluding hydrogens is 353 g/mol. The summed E-state index contributed by atoms with van der Waals surface area (Å²) in [5.41, 5.74) is 2.21. The normalized spacial score (nSPS) is 10.1. The van der Waals surface area contributed by atoms with Crippen LogP contribution in [-0.4, -0.2) is 17.9 Å². The van der Waals surface area contributed by atoms with E-state index in [1.807, 2.05) is 31.2 Å². The minimum atomic E-state index is -0.133. The fourth-order valence-corrected chi connectivity index (χ4v) is 2.21. The highest BCUT2D eigenvalue weighted by atomic mass is 127. The SMILES string of the molecule is CNc1cc(C(=O)Nc2ccccc2I)cc(C)n1. The molecule has 0 aliphatic heterocycles. The maximum absolute atomic E-state index is 12.2. The highest BCUT2D eigenvalue weighted by Gasteiger charge is 2.10. The average molecular weight is 367 g/mol. The van der Waals surface area contributed by atoms with Crippen LogP contribution < -0.4 is 10.6 Å². The summed E-state index contributed by atoms with van der Waals surface area (Å²) in [4.78, 5) is 16.5. The molecule has 0 atom stereocenters. The number of nitrogens with one attached hydrogen (secondary N) is 2. The highest BCUT2D eigenvalue weighted by Crippen LogP contribution is 2.18. The molecule has 2 aromatic rings. The van der Waals surface area contributed by atoms with E-state index in [0.29, 0.717) is 11.4 Å². The number of carbonyl (C=O) groups is 1. The summed E-state index contributed by atoms with van der Waals surface area (Å²) in [6.07, 6.45) is 0. The molecule has 2 N–H and O–H groups in total. The third-order valence-corrected chi connectivity index (χ3v) is 3.53. The molecule has 2 rings (SSSR count). The van der Waals surface area contributed by atoms with Crippen molar-refractivity contribution < 1.29 is 4.79 Å². The van der Waals surface area contributed by atoms with Gasteiger partial charge in [-0.15, -0.1) is 0 Å². The first-order chi connectivity index (χ1) is 9.10. The number of aryl methyl sites for hydroxylation is 1. The Morgan fingerprint density at radius 2 is 2.00 bits per heavy atom. The topological polar surface area (TPSA) is 54.0 Å². The van der Waals surface area contributed by atoms with Gasteiger partial charge in [0, 0.05) is 21.9 Å². The van der Waals surface area contributed by atoms with Crippen LogP contribution in [0.25, 0.3) is 0 Å². The van der Waals surface area contributed by atoms with Crippen molar-refractivity contribution in [2.24, 2.45) is 0 Å². The van der Waals surface area contributed by atoms with Gasteiger partial charge in [-0.1, -0.05) is 12.1 Å². The molecule has 1 aromatic carbocycles. The molecule has 0 saturated carbocycles. The largest absolute Gasteiger partial charge is 0.373 e. The number of carbonyl (C=O) groups excluding carboxylic acids is 1. The van der Waals surface area contributed by atoms with Crippen molar-refractivity contribution >= 4 is 40.0 Å². The summed E-state index contributed by atoms with van der Waals surface area (Å²) in [6.45, 7) is 1.86. The van der Waals surface area contributed by atoms with Crippen molar-refractivity contribution in [1.29, 1.82) is 0 Å². The summed E-state index contributed by atoms with van der Waals surface area (Å²) >= 11 is 2.19. The molecular formula is C14H14IN3O. The molecule has 4 nitrogen and oxygen atoms in total. The third-order valence-electron chi connectivity index (χ3n) is 2.59. The second-order valence-electron chi connectivity index (χ2n) is 4.07. The lowest BCUT2D eigenvalue weighted by Gasteiger charge is -2.09. The zero-order valence-corrected chi connectivity index (χ0v) is 12.9. The molecule has 0 fully saturated rings. The predicted molar refractivity (Wildman–Crippen MR) is 85.6 cm³/mol. The van der Waals surface area contributed by atoms with Gasteiger partial charge in [-0.3, -0.25) is 4.79 Å². The Hall–Kier alpha value is -1.63. The fraction of sp³-hybridized carbons (Fsp3) is 0.143. The van der Waals surface area contributed by atoms with Crippen molar-refractivity contribution in [1.82, 2.24) is 4.98 Å². The van der Waals surface area contributed by atoms with Crippen LogP contribution in [0.3, 0.4) is 0 Å². The van der Waals surface area contributed by atoms with Gasteiger partial charge in [-0.25, -0.2) is 4.98 Å². The minimum absolute atomic E-state index is 0.133. The van der Waals surface area contributed by atoms with E-state index in [1.54, 1.807) is 19.2 Å². The molecule has 5 heteroatoms. The smallest absolute Gasteiger partial charge is 0.255 e. The number of hydrogen-bond donors (Lipinski definition) is 2. The van der Waals surface area contributed by atoms with Crippen LogP contribution in [0.5, 0.6) is 0 Å². The monoisotopic (exact) mass is 367 g/mol. The van der Waals surface area contributed by atoms with E-state index >= 15 is 0 Å². The van der Waals surface area contributed by atoms with Crippen molar-refractivity contribution in [2.75, 3.05) is 17.7 Å². The Labute approximate surface area is 125 Å². The van der Waals surface area contributed by atoms with Crippen LogP contribution in [0.1, 0.15) is 16.1 Å². The number of benzene rings is 1. The predicted octanol–water partition coefficient (Wildman–Crippen LogP) is 3.29. The number of halogens is 1. The first kappa shape index (κ1) is 13.8. The van der Waals surface area contributed by atoms with Gasteiger partial charge in [0.2, 0.25) is 0 Å². The molecule has 0 aliphatic rings. The van der Waals surface area contributed by atoms with E-state index in [9.17, 15) is 4.79 Å². The zero-order chi connectivity index (χ0) is 13.8. The van der Waals surface area contributed by atoms with E-state index < -0.39 is 0 Å². The maximum Gasteiger partial charge on any atom is 0.255 e.